The van der Waals surface area contributed by atoms with Crippen molar-refractivity contribution in [1.29, 1.82) is 0 Å². The van der Waals surface area contributed by atoms with Gasteiger partial charge in [0.25, 0.3) is 0 Å². The highest BCUT2D eigenvalue weighted by Gasteiger charge is 2.68. The Labute approximate surface area is 186 Å². The minimum Gasteiger partial charge on any atom is -0.492 e. The van der Waals surface area contributed by atoms with Gasteiger partial charge in [0.15, 0.2) is 0 Å². The Kier molecular flexibility index (Phi) is 4.31. The minimum absolute atomic E-state index is 0.0168. The highest BCUT2D eigenvalue weighted by molar-refractivity contribution is 6.30. The number of esters is 1. The molecule has 31 heavy (non-hydrogen) atoms. The van der Waals surface area contributed by atoms with Crippen molar-refractivity contribution < 1.29 is 14.3 Å². The predicted molar refractivity (Wildman–Crippen MR) is 121 cm³/mol. The maximum absolute atomic E-state index is 13.6. The van der Waals surface area contributed by atoms with Crippen LogP contribution in [0.1, 0.15) is 35.9 Å². The lowest BCUT2D eigenvalue weighted by Crippen LogP contribution is -2.49. The van der Waals surface area contributed by atoms with E-state index in [1.54, 1.807) is 0 Å². The zero-order valence-corrected chi connectivity index (χ0v) is 18.1. The molecule has 0 aromatic heterocycles. The van der Waals surface area contributed by atoms with Crippen molar-refractivity contribution in [3.63, 3.8) is 0 Å². The summed E-state index contributed by atoms with van der Waals surface area (Å²) in [5.41, 5.74) is 1.45. The van der Waals surface area contributed by atoms with Crippen LogP contribution in [0.25, 0.3) is 10.8 Å². The molecule has 0 aliphatic carbocycles. The molecule has 0 radical (unpaired) electrons. The Bertz CT molecular complexity index is 1180. The normalized spacial score (nSPS) is 29.2. The molecule has 3 heterocycles. The molecular formula is C26H24ClNO3. The third kappa shape index (κ3) is 2.55. The van der Waals surface area contributed by atoms with E-state index in [0.29, 0.717) is 11.6 Å². The average Bonchev–Trinajstić information content (AvgIpc) is 3.38. The third-order valence-electron chi connectivity index (χ3n) is 7.57. The van der Waals surface area contributed by atoms with Crippen molar-refractivity contribution in [2.24, 2.45) is 5.41 Å². The molecule has 0 spiro atoms. The second-order valence-electron chi connectivity index (χ2n) is 8.90. The molecular weight excluding hydrogens is 410 g/mol. The van der Waals surface area contributed by atoms with Gasteiger partial charge in [-0.1, -0.05) is 54.1 Å². The molecule has 4 atom stereocenters. The lowest BCUT2D eigenvalue weighted by Gasteiger charge is -2.43. The summed E-state index contributed by atoms with van der Waals surface area (Å²) in [5, 5.41) is 3.02. The van der Waals surface area contributed by atoms with Crippen LogP contribution < -0.4 is 4.74 Å². The summed E-state index contributed by atoms with van der Waals surface area (Å²) in [6.45, 7) is 1.29. The maximum atomic E-state index is 13.6. The van der Waals surface area contributed by atoms with E-state index in [1.807, 2.05) is 12.1 Å². The van der Waals surface area contributed by atoms with E-state index in [2.05, 4.69) is 53.4 Å². The molecule has 3 aromatic rings. The first-order chi connectivity index (χ1) is 15.1. The Morgan fingerprint density at radius 3 is 2.74 bits per heavy atom. The maximum Gasteiger partial charge on any atom is 0.317 e. The third-order valence-corrected chi connectivity index (χ3v) is 7.82. The lowest BCUT2D eigenvalue weighted by atomic mass is 9.65. The summed E-state index contributed by atoms with van der Waals surface area (Å²) in [6, 6.07) is 20.7. The van der Waals surface area contributed by atoms with E-state index >= 15 is 0 Å². The van der Waals surface area contributed by atoms with Gasteiger partial charge in [0.1, 0.15) is 17.8 Å². The molecule has 3 aliphatic heterocycles. The van der Waals surface area contributed by atoms with Crippen LogP contribution in [0.5, 0.6) is 5.75 Å². The molecule has 2 fully saturated rings. The summed E-state index contributed by atoms with van der Waals surface area (Å²) in [4.78, 5) is 16.2. The molecule has 0 bridgehead atoms. The van der Waals surface area contributed by atoms with Gasteiger partial charge in [-0.15, -0.1) is 0 Å². The second kappa shape index (κ2) is 6.98. The van der Waals surface area contributed by atoms with Gasteiger partial charge in [-0.25, -0.2) is 0 Å². The van der Waals surface area contributed by atoms with Gasteiger partial charge < -0.3 is 9.47 Å². The van der Waals surface area contributed by atoms with Crippen LogP contribution in [0.2, 0.25) is 5.02 Å². The summed E-state index contributed by atoms with van der Waals surface area (Å²) < 4.78 is 11.8. The van der Waals surface area contributed by atoms with E-state index in [0.717, 1.165) is 47.0 Å². The summed E-state index contributed by atoms with van der Waals surface area (Å²) in [7, 11) is 1.50. The van der Waals surface area contributed by atoms with Crippen LogP contribution in [0, 0.1) is 5.41 Å². The van der Waals surface area contributed by atoms with Gasteiger partial charge >= 0.3 is 5.97 Å². The fourth-order valence-electron chi connectivity index (χ4n) is 6.45. The second-order valence-corrected chi connectivity index (χ2v) is 9.33. The van der Waals surface area contributed by atoms with Crippen LogP contribution in [0.3, 0.4) is 0 Å². The van der Waals surface area contributed by atoms with E-state index in [1.165, 1.54) is 7.11 Å². The number of hydrogen-bond donors (Lipinski definition) is 0. The molecule has 5 heteroatoms. The number of methoxy groups -OCH3 is 1. The van der Waals surface area contributed by atoms with E-state index in [4.69, 9.17) is 21.1 Å². The van der Waals surface area contributed by atoms with Crippen LogP contribution in [0.4, 0.5) is 0 Å². The van der Waals surface area contributed by atoms with Gasteiger partial charge in [0, 0.05) is 22.5 Å². The largest absolute Gasteiger partial charge is 0.492 e. The van der Waals surface area contributed by atoms with Crippen molar-refractivity contribution in [3.8, 4) is 5.75 Å². The molecule has 3 aromatic carbocycles. The number of nitrogens with zero attached hydrogens (tertiary/aromatic N) is 1. The van der Waals surface area contributed by atoms with Crippen LogP contribution >= 0.6 is 11.6 Å². The Morgan fingerprint density at radius 2 is 1.94 bits per heavy atom. The Morgan fingerprint density at radius 1 is 1.13 bits per heavy atom. The monoisotopic (exact) mass is 433 g/mol. The number of carbonyl (C=O) groups excluding carboxylic acids is 1. The number of carbonyl (C=O) groups is 1. The van der Waals surface area contributed by atoms with E-state index in [-0.39, 0.29) is 24.0 Å². The molecule has 158 valence electrons. The number of benzene rings is 3. The van der Waals surface area contributed by atoms with Crippen molar-refractivity contribution in [2.45, 2.75) is 30.8 Å². The Balaban J connectivity index is 1.64. The first-order valence-corrected chi connectivity index (χ1v) is 11.3. The smallest absolute Gasteiger partial charge is 0.317 e. The first-order valence-electron chi connectivity index (χ1n) is 10.9. The first kappa shape index (κ1) is 19.1. The molecule has 4 nitrogen and oxygen atoms in total. The average molecular weight is 434 g/mol. The highest BCUT2D eigenvalue weighted by atomic mass is 35.5. The van der Waals surface area contributed by atoms with Crippen molar-refractivity contribution in [3.05, 3.63) is 76.8 Å². The van der Waals surface area contributed by atoms with Crippen LogP contribution in [0.15, 0.2) is 60.7 Å². The molecule has 0 N–H and O–H groups in total. The lowest BCUT2D eigenvalue weighted by molar-refractivity contribution is -0.159. The van der Waals surface area contributed by atoms with Gasteiger partial charge in [-0.2, -0.15) is 0 Å². The Hall–Kier alpha value is -2.56. The molecule has 6 rings (SSSR count). The zero-order chi connectivity index (χ0) is 21.2. The number of fused-ring (bicyclic) bond motifs is 7. The van der Waals surface area contributed by atoms with E-state index in [9.17, 15) is 4.79 Å². The summed E-state index contributed by atoms with van der Waals surface area (Å²) in [5.74, 6) is 0.674. The predicted octanol–water partition coefficient (Wildman–Crippen LogP) is 5.35. The van der Waals surface area contributed by atoms with E-state index < -0.39 is 5.41 Å². The molecule has 0 unspecified atom stereocenters. The van der Waals surface area contributed by atoms with Gasteiger partial charge in [-0.05, 0) is 53.9 Å². The van der Waals surface area contributed by atoms with Crippen molar-refractivity contribution in [1.82, 2.24) is 4.90 Å². The number of ether oxygens (including phenoxy) is 2. The molecule has 3 aliphatic rings. The standard InChI is InChI=1S/C26H24ClNO3/c1-30-25(29)26-15-31-21-13-10-16-5-2-3-6-19(16)22(21)24(26)28-14-4-7-20(28)23(26)17-8-11-18(27)12-9-17/h2-3,5-6,8-13,20,23-24H,4,7,14-15H2,1H3/t20-,23-,24-,26+/m0/s1. The van der Waals surface area contributed by atoms with Gasteiger partial charge in [-0.3, -0.25) is 9.69 Å². The highest BCUT2D eigenvalue weighted by Crippen LogP contribution is 2.64. The fraction of sp³-hybridized carbons (Fsp3) is 0.346. The van der Waals surface area contributed by atoms with Gasteiger partial charge in [0.05, 0.1) is 13.2 Å². The summed E-state index contributed by atoms with van der Waals surface area (Å²) >= 11 is 6.20. The SMILES string of the molecule is COC(=O)[C@@]12COc3ccc4ccccc4c3[C@@H]1N1CCC[C@H]1[C@@H]2c1ccc(Cl)cc1. The fourth-order valence-corrected chi connectivity index (χ4v) is 6.58. The zero-order valence-electron chi connectivity index (χ0n) is 17.4. The minimum atomic E-state index is -0.801. The van der Waals surface area contributed by atoms with Crippen LogP contribution in [-0.2, 0) is 9.53 Å². The molecule has 2 saturated heterocycles. The molecule has 0 amide bonds. The number of halogens is 1. The summed E-state index contributed by atoms with van der Waals surface area (Å²) in [6.07, 6.45) is 2.19. The van der Waals surface area contributed by atoms with Gasteiger partial charge in [0.2, 0.25) is 0 Å². The van der Waals surface area contributed by atoms with Crippen molar-refractivity contribution in [2.75, 3.05) is 20.3 Å². The van der Waals surface area contributed by atoms with Crippen molar-refractivity contribution >= 4 is 28.3 Å². The van der Waals surface area contributed by atoms with Crippen LogP contribution in [-0.4, -0.2) is 37.2 Å². The topological polar surface area (TPSA) is 38.8 Å². The number of hydrogen-bond acceptors (Lipinski definition) is 4. The number of rotatable bonds is 2. The quantitative estimate of drug-likeness (QED) is 0.511. The molecule has 0 saturated carbocycles.